The molecule has 4 aromatic rings. The number of aromatic nitrogens is 2. The van der Waals surface area contributed by atoms with E-state index in [1.54, 1.807) is 30.3 Å². The van der Waals surface area contributed by atoms with Gasteiger partial charge in [0.05, 0.1) is 20.4 Å². The summed E-state index contributed by atoms with van der Waals surface area (Å²) < 4.78 is 44.4. The fourth-order valence-electron chi connectivity index (χ4n) is 3.55. The van der Waals surface area contributed by atoms with Crippen LogP contribution in [0.4, 0.5) is 4.39 Å². The number of fused-ring (bicyclic) bond motifs is 1. The van der Waals surface area contributed by atoms with Gasteiger partial charge >= 0.3 is 0 Å². The highest BCUT2D eigenvalue weighted by atomic mass is 79.9. The molecule has 0 amide bonds. The van der Waals surface area contributed by atoms with Crippen LogP contribution in [0.2, 0.25) is 0 Å². The molecule has 172 valence electrons. The first-order chi connectivity index (χ1) is 15.7. The standard InChI is InChI=1S/C24H24BrFN4O2S/c1-29(2)13-12-27-33(31,32)19-9-11-23-22(15-19)28-24(18-8-10-21(26)20(25)14-18)30(23)16-17-6-4-3-5-7-17/h3-11,14-15,27H,12-13,16H2,1-2H3. The second kappa shape index (κ2) is 9.72. The van der Waals surface area contributed by atoms with Gasteiger partial charge in [0.25, 0.3) is 0 Å². The number of nitrogens with zero attached hydrogens (tertiary/aromatic N) is 3. The molecule has 0 radical (unpaired) electrons. The topological polar surface area (TPSA) is 67.2 Å². The Morgan fingerprint density at radius 2 is 1.82 bits per heavy atom. The summed E-state index contributed by atoms with van der Waals surface area (Å²) in [4.78, 5) is 6.82. The smallest absolute Gasteiger partial charge is 0.240 e. The Morgan fingerprint density at radius 1 is 1.06 bits per heavy atom. The lowest BCUT2D eigenvalue weighted by Crippen LogP contribution is -2.31. The Hall–Kier alpha value is -2.59. The van der Waals surface area contributed by atoms with Gasteiger partial charge in [-0.05, 0) is 72.0 Å². The first kappa shape index (κ1) is 23.6. The molecule has 0 saturated carbocycles. The largest absolute Gasteiger partial charge is 0.319 e. The van der Waals surface area contributed by atoms with Crippen molar-refractivity contribution in [1.82, 2.24) is 19.2 Å². The molecule has 0 aliphatic heterocycles. The quantitative estimate of drug-likeness (QED) is 0.364. The van der Waals surface area contributed by atoms with Crippen molar-refractivity contribution in [1.29, 1.82) is 0 Å². The molecule has 1 heterocycles. The van der Waals surface area contributed by atoms with Gasteiger partial charge in [0.15, 0.2) is 0 Å². The number of benzene rings is 3. The van der Waals surface area contributed by atoms with E-state index < -0.39 is 10.0 Å². The Labute approximate surface area is 201 Å². The van der Waals surface area contributed by atoms with E-state index in [1.807, 2.05) is 53.9 Å². The minimum atomic E-state index is -3.67. The summed E-state index contributed by atoms with van der Waals surface area (Å²) in [6.07, 6.45) is 0. The average Bonchev–Trinajstić information content (AvgIpc) is 3.13. The number of halogens is 2. The summed E-state index contributed by atoms with van der Waals surface area (Å²) in [6, 6.07) is 19.6. The van der Waals surface area contributed by atoms with Crippen LogP contribution in [0.25, 0.3) is 22.4 Å². The predicted molar refractivity (Wildman–Crippen MR) is 132 cm³/mol. The van der Waals surface area contributed by atoms with E-state index in [4.69, 9.17) is 4.98 Å². The number of hydrogen-bond donors (Lipinski definition) is 1. The summed E-state index contributed by atoms with van der Waals surface area (Å²) in [7, 11) is 0.0981. The van der Waals surface area contributed by atoms with Gasteiger partial charge in [0.2, 0.25) is 10.0 Å². The Morgan fingerprint density at radius 3 is 2.52 bits per heavy atom. The van der Waals surface area contributed by atoms with Crippen LogP contribution in [0, 0.1) is 5.82 Å². The Kier molecular flexibility index (Phi) is 6.94. The molecule has 0 fully saturated rings. The van der Waals surface area contributed by atoms with Gasteiger partial charge in [-0.1, -0.05) is 30.3 Å². The van der Waals surface area contributed by atoms with Crippen LogP contribution in [-0.4, -0.2) is 50.1 Å². The molecule has 9 heteroatoms. The maximum Gasteiger partial charge on any atom is 0.240 e. The molecule has 0 saturated heterocycles. The van der Waals surface area contributed by atoms with Crippen LogP contribution in [0.15, 0.2) is 76.1 Å². The molecular weight excluding hydrogens is 507 g/mol. The molecule has 4 rings (SSSR count). The van der Waals surface area contributed by atoms with Gasteiger partial charge in [-0.15, -0.1) is 0 Å². The molecule has 1 aromatic heterocycles. The normalized spacial score (nSPS) is 12.0. The second-order valence-electron chi connectivity index (χ2n) is 7.99. The number of likely N-dealkylation sites (N-methyl/N-ethyl adjacent to an activating group) is 1. The zero-order valence-electron chi connectivity index (χ0n) is 18.3. The van der Waals surface area contributed by atoms with E-state index >= 15 is 0 Å². The fraction of sp³-hybridized carbons (Fsp3) is 0.208. The van der Waals surface area contributed by atoms with Crippen molar-refractivity contribution in [2.75, 3.05) is 27.2 Å². The molecule has 33 heavy (non-hydrogen) atoms. The number of nitrogens with one attached hydrogen (secondary N) is 1. The summed E-state index contributed by atoms with van der Waals surface area (Å²) in [5, 5.41) is 0. The lowest BCUT2D eigenvalue weighted by Gasteiger charge is -2.12. The molecule has 1 N–H and O–H groups in total. The summed E-state index contributed by atoms with van der Waals surface area (Å²) >= 11 is 3.25. The van der Waals surface area contributed by atoms with E-state index in [0.29, 0.717) is 35.4 Å². The minimum absolute atomic E-state index is 0.157. The molecule has 0 aliphatic rings. The molecule has 3 aromatic carbocycles. The first-order valence-corrected chi connectivity index (χ1v) is 12.7. The van der Waals surface area contributed by atoms with E-state index in [9.17, 15) is 12.8 Å². The lowest BCUT2D eigenvalue weighted by molar-refractivity contribution is 0.412. The van der Waals surface area contributed by atoms with Gasteiger partial charge in [0.1, 0.15) is 11.6 Å². The molecule has 0 bridgehead atoms. The van der Waals surface area contributed by atoms with Crippen molar-refractivity contribution in [3.8, 4) is 11.4 Å². The van der Waals surface area contributed by atoms with E-state index in [-0.39, 0.29) is 10.7 Å². The molecule has 0 aliphatic carbocycles. The minimum Gasteiger partial charge on any atom is -0.319 e. The molecular formula is C24H24BrFN4O2S. The Bertz CT molecular complexity index is 1390. The van der Waals surface area contributed by atoms with Crippen LogP contribution in [0.1, 0.15) is 5.56 Å². The third-order valence-corrected chi connectivity index (χ3v) is 7.31. The number of rotatable bonds is 8. The maximum absolute atomic E-state index is 13.9. The van der Waals surface area contributed by atoms with Gasteiger partial charge in [0, 0.05) is 25.2 Å². The maximum atomic E-state index is 13.9. The first-order valence-electron chi connectivity index (χ1n) is 10.4. The van der Waals surface area contributed by atoms with Crippen molar-refractivity contribution in [2.45, 2.75) is 11.4 Å². The Balaban J connectivity index is 1.80. The average molecular weight is 531 g/mol. The third-order valence-electron chi connectivity index (χ3n) is 5.24. The fourth-order valence-corrected chi connectivity index (χ4v) is 4.96. The predicted octanol–water partition coefficient (Wildman–Crippen LogP) is 4.49. The van der Waals surface area contributed by atoms with E-state index in [2.05, 4.69) is 20.7 Å². The van der Waals surface area contributed by atoms with E-state index in [1.165, 1.54) is 6.07 Å². The van der Waals surface area contributed by atoms with Crippen LogP contribution in [0.5, 0.6) is 0 Å². The third kappa shape index (κ3) is 5.33. The van der Waals surface area contributed by atoms with Gasteiger partial charge in [-0.25, -0.2) is 22.5 Å². The number of sulfonamides is 1. The zero-order chi connectivity index (χ0) is 23.6. The van der Waals surface area contributed by atoms with Crippen LogP contribution in [0.3, 0.4) is 0 Å². The summed E-state index contributed by atoms with van der Waals surface area (Å²) in [5.74, 6) is 0.270. The highest BCUT2D eigenvalue weighted by Gasteiger charge is 2.19. The number of hydrogen-bond acceptors (Lipinski definition) is 4. The van der Waals surface area contributed by atoms with Crippen LogP contribution in [-0.2, 0) is 16.6 Å². The second-order valence-corrected chi connectivity index (χ2v) is 10.6. The van der Waals surface area contributed by atoms with Gasteiger partial charge < -0.3 is 9.47 Å². The SMILES string of the molecule is CN(C)CCNS(=O)(=O)c1ccc2c(c1)nc(-c1ccc(F)c(Br)c1)n2Cc1ccccc1. The number of imidazole rings is 1. The van der Waals surface area contributed by atoms with Crippen molar-refractivity contribution >= 4 is 37.0 Å². The van der Waals surface area contributed by atoms with E-state index in [0.717, 1.165) is 16.6 Å². The van der Waals surface area contributed by atoms with Gasteiger partial charge in [-0.3, -0.25) is 0 Å². The van der Waals surface area contributed by atoms with Crippen LogP contribution < -0.4 is 4.72 Å². The van der Waals surface area contributed by atoms with Crippen LogP contribution >= 0.6 is 15.9 Å². The summed E-state index contributed by atoms with van der Waals surface area (Å²) in [5.41, 5.74) is 3.14. The van der Waals surface area contributed by atoms with Gasteiger partial charge in [-0.2, -0.15) is 0 Å². The highest BCUT2D eigenvalue weighted by molar-refractivity contribution is 9.10. The van der Waals surface area contributed by atoms with Crippen molar-refractivity contribution in [3.63, 3.8) is 0 Å². The highest BCUT2D eigenvalue weighted by Crippen LogP contribution is 2.30. The molecule has 0 unspecified atom stereocenters. The van der Waals surface area contributed by atoms with Crippen molar-refractivity contribution < 1.29 is 12.8 Å². The lowest BCUT2D eigenvalue weighted by atomic mass is 10.2. The van der Waals surface area contributed by atoms with Crippen molar-refractivity contribution in [2.24, 2.45) is 0 Å². The summed E-state index contributed by atoms with van der Waals surface area (Å²) in [6.45, 7) is 1.44. The van der Waals surface area contributed by atoms with Crippen molar-refractivity contribution in [3.05, 3.63) is 82.6 Å². The molecule has 0 atom stereocenters. The monoisotopic (exact) mass is 530 g/mol. The molecule has 6 nitrogen and oxygen atoms in total. The zero-order valence-corrected chi connectivity index (χ0v) is 20.7. The molecule has 0 spiro atoms.